The van der Waals surface area contributed by atoms with Gasteiger partial charge in [0.1, 0.15) is 12.4 Å². The van der Waals surface area contributed by atoms with Gasteiger partial charge in [0.15, 0.2) is 5.78 Å². The number of Topliss-reactive ketones (excluding diaryl/α,β-unsaturated/α-hetero) is 1. The highest BCUT2D eigenvalue weighted by atomic mass is 19.1. The van der Waals surface area contributed by atoms with Crippen LogP contribution in [0.15, 0.2) is 18.2 Å². The Morgan fingerprint density at radius 2 is 2.28 bits per heavy atom. The molecule has 1 amide bonds. The van der Waals surface area contributed by atoms with Gasteiger partial charge in [-0.1, -0.05) is 0 Å². The maximum absolute atomic E-state index is 12.5. The number of ketones is 1. The summed E-state index contributed by atoms with van der Waals surface area (Å²) < 4.78 is 18.0. The number of benzene rings is 1. The highest BCUT2D eigenvalue weighted by Gasteiger charge is 2.23. The van der Waals surface area contributed by atoms with Gasteiger partial charge in [0.2, 0.25) is 5.91 Å². The zero-order valence-corrected chi connectivity index (χ0v) is 10.1. The fraction of sp³-hybridized carbons (Fsp3) is 0.385. The van der Waals surface area contributed by atoms with Crippen LogP contribution in [0.3, 0.4) is 0 Å². The SMILES string of the molecule is CC(=O)c1ccc2c(c1)N(CCF)C(=O)CCO2. The molecule has 0 aromatic heterocycles. The number of hydrogen-bond donors (Lipinski definition) is 0. The average molecular weight is 251 g/mol. The monoisotopic (exact) mass is 251 g/mol. The highest BCUT2D eigenvalue weighted by molar-refractivity contribution is 5.99. The van der Waals surface area contributed by atoms with E-state index in [2.05, 4.69) is 0 Å². The first-order valence-electron chi connectivity index (χ1n) is 5.77. The molecule has 18 heavy (non-hydrogen) atoms. The molecular weight excluding hydrogens is 237 g/mol. The van der Waals surface area contributed by atoms with E-state index in [1.165, 1.54) is 11.8 Å². The summed E-state index contributed by atoms with van der Waals surface area (Å²) in [5, 5.41) is 0. The second-order valence-electron chi connectivity index (χ2n) is 4.07. The van der Waals surface area contributed by atoms with Crippen LogP contribution in [0.5, 0.6) is 5.75 Å². The Kier molecular flexibility index (Phi) is 3.60. The van der Waals surface area contributed by atoms with Crippen molar-refractivity contribution in [3.8, 4) is 5.75 Å². The standard InChI is InChI=1S/C13H14FNO3/c1-9(16)10-2-3-12-11(8-10)15(6-5-14)13(17)4-7-18-12/h2-3,8H,4-7H2,1H3. The second kappa shape index (κ2) is 5.16. The number of hydrogen-bond acceptors (Lipinski definition) is 3. The predicted octanol–water partition coefficient (Wildman–Crippen LogP) is 1.97. The van der Waals surface area contributed by atoms with E-state index in [1.54, 1.807) is 18.2 Å². The zero-order chi connectivity index (χ0) is 13.1. The molecule has 1 heterocycles. The van der Waals surface area contributed by atoms with E-state index in [9.17, 15) is 14.0 Å². The van der Waals surface area contributed by atoms with E-state index in [4.69, 9.17) is 4.74 Å². The fourth-order valence-electron chi connectivity index (χ4n) is 1.92. The number of ether oxygens (including phenoxy) is 1. The topological polar surface area (TPSA) is 46.6 Å². The molecule has 1 aliphatic heterocycles. The van der Waals surface area contributed by atoms with Crippen LogP contribution in [0.2, 0.25) is 0 Å². The number of anilines is 1. The molecule has 5 heteroatoms. The van der Waals surface area contributed by atoms with Crippen LogP contribution in [0.4, 0.5) is 10.1 Å². The van der Waals surface area contributed by atoms with Crippen molar-refractivity contribution < 1.29 is 18.7 Å². The van der Waals surface area contributed by atoms with Crippen LogP contribution >= 0.6 is 0 Å². The van der Waals surface area contributed by atoms with Crippen molar-refractivity contribution in [2.75, 3.05) is 24.7 Å². The van der Waals surface area contributed by atoms with Crippen LogP contribution in [0.25, 0.3) is 0 Å². The summed E-state index contributed by atoms with van der Waals surface area (Å²) in [5.41, 5.74) is 0.957. The third-order valence-electron chi connectivity index (χ3n) is 2.84. The van der Waals surface area contributed by atoms with Gasteiger partial charge in [-0.2, -0.15) is 0 Å². The van der Waals surface area contributed by atoms with Gasteiger partial charge >= 0.3 is 0 Å². The average Bonchev–Trinajstić information content (AvgIpc) is 2.50. The largest absolute Gasteiger partial charge is 0.491 e. The Bertz CT molecular complexity index is 487. The number of nitrogens with zero attached hydrogens (tertiary/aromatic N) is 1. The molecule has 96 valence electrons. The van der Waals surface area contributed by atoms with Crippen molar-refractivity contribution >= 4 is 17.4 Å². The summed E-state index contributed by atoms with van der Waals surface area (Å²) in [6.45, 7) is 1.07. The quantitative estimate of drug-likeness (QED) is 0.772. The summed E-state index contributed by atoms with van der Waals surface area (Å²) >= 11 is 0. The Morgan fingerprint density at radius 1 is 1.50 bits per heavy atom. The van der Waals surface area contributed by atoms with Crippen LogP contribution in [-0.4, -0.2) is 31.5 Å². The van der Waals surface area contributed by atoms with Crippen LogP contribution in [-0.2, 0) is 4.79 Å². The number of carbonyl (C=O) groups excluding carboxylic acids is 2. The van der Waals surface area contributed by atoms with Crippen LogP contribution in [0.1, 0.15) is 23.7 Å². The summed E-state index contributed by atoms with van der Waals surface area (Å²) in [5.74, 6) is 0.223. The lowest BCUT2D eigenvalue weighted by atomic mass is 10.1. The molecule has 0 unspecified atom stereocenters. The summed E-state index contributed by atoms with van der Waals surface area (Å²) in [6, 6.07) is 4.87. The minimum absolute atomic E-state index is 0.0173. The van der Waals surface area contributed by atoms with Gasteiger partial charge in [-0.3, -0.25) is 9.59 Å². The summed E-state index contributed by atoms with van der Waals surface area (Å²) in [4.78, 5) is 24.5. The smallest absolute Gasteiger partial charge is 0.230 e. The molecule has 0 saturated heterocycles. The first-order chi connectivity index (χ1) is 8.63. The van der Waals surface area contributed by atoms with Crippen molar-refractivity contribution in [2.24, 2.45) is 0 Å². The van der Waals surface area contributed by atoms with Gasteiger partial charge < -0.3 is 9.64 Å². The van der Waals surface area contributed by atoms with Crippen molar-refractivity contribution in [3.63, 3.8) is 0 Å². The molecular formula is C13H14FNO3. The molecule has 0 radical (unpaired) electrons. The van der Waals surface area contributed by atoms with Gasteiger partial charge in [0.05, 0.1) is 25.3 Å². The molecule has 1 aliphatic rings. The molecule has 1 aromatic rings. The first-order valence-corrected chi connectivity index (χ1v) is 5.77. The molecule has 4 nitrogen and oxygen atoms in total. The van der Waals surface area contributed by atoms with Gasteiger partial charge in [-0.15, -0.1) is 0 Å². The maximum Gasteiger partial charge on any atom is 0.230 e. The van der Waals surface area contributed by atoms with Crippen molar-refractivity contribution in [3.05, 3.63) is 23.8 Å². The normalized spacial score (nSPS) is 14.8. The summed E-state index contributed by atoms with van der Waals surface area (Å²) in [7, 11) is 0. The first kappa shape index (κ1) is 12.5. The van der Waals surface area contributed by atoms with Gasteiger partial charge in [-0.05, 0) is 25.1 Å². The van der Waals surface area contributed by atoms with Gasteiger partial charge in [-0.25, -0.2) is 4.39 Å². The number of halogens is 1. The lowest BCUT2D eigenvalue weighted by Crippen LogP contribution is -2.32. The Labute approximate surface area is 104 Å². The van der Waals surface area contributed by atoms with Crippen molar-refractivity contribution in [2.45, 2.75) is 13.3 Å². The minimum Gasteiger partial charge on any atom is -0.491 e. The fourth-order valence-corrected chi connectivity index (χ4v) is 1.92. The third-order valence-corrected chi connectivity index (χ3v) is 2.84. The Morgan fingerprint density at radius 3 is 2.94 bits per heavy atom. The molecule has 2 rings (SSSR count). The second-order valence-corrected chi connectivity index (χ2v) is 4.07. The molecule has 0 bridgehead atoms. The number of alkyl halides is 1. The number of carbonyl (C=O) groups is 2. The van der Waals surface area contributed by atoms with E-state index in [0.717, 1.165) is 0 Å². The number of fused-ring (bicyclic) bond motifs is 1. The lowest BCUT2D eigenvalue weighted by molar-refractivity contribution is -0.118. The molecule has 0 fully saturated rings. The lowest BCUT2D eigenvalue weighted by Gasteiger charge is -2.20. The third kappa shape index (κ3) is 2.34. The maximum atomic E-state index is 12.5. The zero-order valence-electron chi connectivity index (χ0n) is 10.1. The Balaban J connectivity index is 2.47. The molecule has 0 spiro atoms. The molecule has 0 atom stereocenters. The van der Waals surface area contributed by atoms with E-state index >= 15 is 0 Å². The van der Waals surface area contributed by atoms with E-state index in [1.807, 2.05) is 0 Å². The molecule has 1 aromatic carbocycles. The van der Waals surface area contributed by atoms with Crippen LogP contribution < -0.4 is 9.64 Å². The van der Waals surface area contributed by atoms with Gasteiger partial charge in [0.25, 0.3) is 0 Å². The highest BCUT2D eigenvalue weighted by Crippen LogP contribution is 2.32. The van der Waals surface area contributed by atoms with E-state index in [-0.39, 0.29) is 31.3 Å². The predicted molar refractivity (Wildman–Crippen MR) is 64.9 cm³/mol. The van der Waals surface area contributed by atoms with Gasteiger partial charge in [0, 0.05) is 5.56 Å². The Hall–Kier alpha value is -1.91. The summed E-state index contributed by atoms with van der Waals surface area (Å²) in [6.07, 6.45) is 0.212. The number of amides is 1. The van der Waals surface area contributed by atoms with Crippen molar-refractivity contribution in [1.29, 1.82) is 0 Å². The van der Waals surface area contributed by atoms with Crippen molar-refractivity contribution in [1.82, 2.24) is 0 Å². The van der Waals surface area contributed by atoms with E-state index in [0.29, 0.717) is 17.0 Å². The van der Waals surface area contributed by atoms with E-state index < -0.39 is 6.67 Å². The molecule has 0 saturated carbocycles. The minimum atomic E-state index is -0.629. The van der Waals surface area contributed by atoms with Crippen LogP contribution in [0, 0.1) is 0 Å². The molecule has 0 aliphatic carbocycles. The number of rotatable bonds is 3. The molecule has 0 N–H and O–H groups in total.